The molecule has 0 saturated heterocycles. The maximum Gasteiger partial charge on any atom is 0.220 e. The normalized spacial score (nSPS) is 28.6. The van der Waals surface area contributed by atoms with Gasteiger partial charge in [0.15, 0.2) is 0 Å². The molecule has 2 aliphatic rings. The summed E-state index contributed by atoms with van der Waals surface area (Å²) >= 11 is 0. The highest BCUT2D eigenvalue weighted by Gasteiger charge is 2.61. The van der Waals surface area contributed by atoms with Gasteiger partial charge in [-0.05, 0) is 36.3 Å². The summed E-state index contributed by atoms with van der Waals surface area (Å²) in [5.41, 5.74) is 10.9. The summed E-state index contributed by atoms with van der Waals surface area (Å²) in [5.74, 6) is 0.895. The quantitative estimate of drug-likeness (QED) is 0.870. The lowest BCUT2D eigenvalue weighted by atomic mass is 9.70. The zero-order valence-electron chi connectivity index (χ0n) is 12.7. The van der Waals surface area contributed by atoms with E-state index in [0.717, 1.165) is 11.3 Å². The molecule has 4 nitrogen and oxygen atoms in total. The van der Waals surface area contributed by atoms with Crippen molar-refractivity contribution in [1.82, 2.24) is 15.0 Å². The van der Waals surface area contributed by atoms with Crippen molar-refractivity contribution in [2.75, 3.05) is 5.73 Å². The zero-order chi connectivity index (χ0) is 14.8. The fourth-order valence-corrected chi connectivity index (χ4v) is 4.40. The van der Waals surface area contributed by atoms with E-state index >= 15 is 0 Å². The van der Waals surface area contributed by atoms with Crippen LogP contribution in [0.25, 0.3) is 11.3 Å². The van der Waals surface area contributed by atoms with E-state index in [1.54, 1.807) is 12.4 Å². The van der Waals surface area contributed by atoms with Gasteiger partial charge in [0.05, 0.1) is 11.4 Å². The van der Waals surface area contributed by atoms with Gasteiger partial charge in [0.25, 0.3) is 0 Å². The fourth-order valence-electron chi connectivity index (χ4n) is 4.40. The first kappa shape index (κ1) is 12.7. The van der Waals surface area contributed by atoms with Crippen LogP contribution in [0, 0.1) is 5.41 Å². The van der Waals surface area contributed by atoms with Gasteiger partial charge in [-0.15, -0.1) is 0 Å². The van der Waals surface area contributed by atoms with Crippen LogP contribution >= 0.6 is 0 Å². The molecule has 108 valence electrons. The van der Waals surface area contributed by atoms with Crippen molar-refractivity contribution in [2.24, 2.45) is 5.41 Å². The lowest BCUT2D eigenvalue weighted by Crippen LogP contribution is -2.32. The van der Waals surface area contributed by atoms with Gasteiger partial charge in [0.1, 0.15) is 0 Å². The topological polar surface area (TPSA) is 64.7 Å². The van der Waals surface area contributed by atoms with Gasteiger partial charge in [-0.2, -0.15) is 0 Å². The number of aromatic nitrogens is 3. The van der Waals surface area contributed by atoms with Crippen molar-refractivity contribution in [3.8, 4) is 11.3 Å². The molecular formula is C17H20N4. The van der Waals surface area contributed by atoms with E-state index in [0.29, 0.717) is 11.9 Å². The summed E-state index contributed by atoms with van der Waals surface area (Å²) in [7, 11) is 0. The number of nitrogens with two attached hydrogens (primary N) is 1. The van der Waals surface area contributed by atoms with Gasteiger partial charge in [0.2, 0.25) is 5.95 Å². The van der Waals surface area contributed by atoms with Crippen molar-refractivity contribution in [3.05, 3.63) is 35.8 Å². The van der Waals surface area contributed by atoms with E-state index in [1.165, 1.54) is 24.1 Å². The highest BCUT2D eigenvalue weighted by Crippen LogP contribution is 2.68. The summed E-state index contributed by atoms with van der Waals surface area (Å²) in [4.78, 5) is 13.3. The Kier molecular flexibility index (Phi) is 2.31. The molecule has 2 aromatic rings. The minimum Gasteiger partial charge on any atom is -0.368 e. The van der Waals surface area contributed by atoms with Gasteiger partial charge in [-0.1, -0.05) is 20.8 Å². The Morgan fingerprint density at radius 1 is 1.14 bits per heavy atom. The predicted molar refractivity (Wildman–Crippen MR) is 82.8 cm³/mol. The largest absolute Gasteiger partial charge is 0.368 e. The molecule has 2 aliphatic carbocycles. The molecule has 2 bridgehead atoms. The number of fused-ring (bicyclic) bond motifs is 5. The monoisotopic (exact) mass is 280 g/mol. The summed E-state index contributed by atoms with van der Waals surface area (Å²) in [6, 6.07) is 4.01. The first-order valence-corrected chi connectivity index (χ1v) is 7.53. The van der Waals surface area contributed by atoms with Crippen molar-refractivity contribution < 1.29 is 0 Å². The third-order valence-corrected chi connectivity index (χ3v) is 6.01. The molecule has 0 aliphatic heterocycles. The van der Waals surface area contributed by atoms with Crippen molar-refractivity contribution >= 4 is 5.95 Å². The summed E-state index contributed by atoms with van der Waals surface area (Å²) in [6.07, 6.45) is 6.01. The van der Waals surface area contributed by atoms with Crippen LogP contribution in [0.15, 0.2) is 24.5 Å². The SMILES string of the molecule is CC12CCC(c3c(-c4ccncc4)nc(N)nc31)C2(C)C. The zero-order valence-corrected chi connectivity index (χ0v) is 12.7. The molecule has 2 atom stereocenters. The summed E-state index contributed by atoms with van der Waals surface area (Å²) < 4.78 is 0. The second kappa shape index (κ2) is 3.81. The predicted octanol–water partition coefficient (Wildman–Crippen LogP) is 3.30. The Balaban J connectivity index is 2.03. The van der Waals surface area contributed by atoms with Crippen molar-refractivity contribution in [2.45, 2.75) is 44.9 Å². The number of rotatable bonds is 1. The van der Waals surface area contributed by atoms with E-state index in [2.05, 4.69) is 35.7 Å². The average molecular weight is 280 g/mol. The summed E-state index contributed by atoms with van der Waals surface area (Å²) in [5, 5.41) is 0. The van der Waals surface area contributed by atoms with E-state index in [9.17, 15) is 0 Å². The number of hydrogen-bond acceptors (Lipinski definition) is 4. The van der Waals surface area contributed by atoms with Crippen LogP contribution in [0.5, 0.6) is 0 Å². The molecule has 1 fully saturated rings. The first-order valence-electron chi connectivity index (χ1n) is 7.53. The molecule has 4 heteroatoms. The van der Waals surface area contributed by atoms with Crippen LogP contribution in [-0.2, 0) is 5.41 Å². The molecule has 0 aromatic carbocycles. The smallest absolute Gasteiger partial charge is 0.220 e. The lowest BCUT2D eigenvalue weighted by molar-refractivity contribution is 0.227. The van der Waals surface area contributed by atoms with E-state index in [1.807, 2.05) is 12.1 Å². The maximum atomic E-state index is 6.01. The molecule has 0 amide bonds. The van der Waals surface area contributed by atoms with Gasteiger partial charge < -0.3 is 5.73 Å². The highest BCUT2D eigenvalue weighted by molar-refractivity contribution is 5.69. The van der Waals surface area contributed by atoms with Gasteiger partial charge in [-0.25, -0.2) is 9.97 Å². The molecule has 4 rings (SSSR count). The van der Waals surface area contributed by atoms with E-state index < -0.39 is 0 Å². The summed E-state index contributed by atoms with van der Waals surface area (Å²) in [6.45, 7) is 7.05. The molecule has 2 N–H and O–H groups in total. The van der Waals surface area contributed by atoms with E-state index in [-0.39, 0.29) is 10.8 Å². The van der Waals surface area contributed by atoms with Crippen LogP contribution in [-0.4, -0.2) is 15.0 Å². The molecule has 2 heterocycles. The lowest BCUT2D eigenvalue weighted by Gasteiger charge is -2.34. The second-order valence-electron chi connectivity index (χ2n) is 7.07. The van der Waals surface area contributed by atoms with Crippen LogP contribution in [0.1, 0.15) is 50.8 Å². The Morgan fingerprint density at radius 3 is 2.57 bits per heavy atom. The minimum atomic E-state index is 0.103. The van der Waals surface area contributed by atoms with Gasteiger partial charge >= 0.3 is 0 Å². The fraction of sp³-hybridized carbons (Fsp3) is 0.471. The first-order chi connectivity index (χ1) is 9.95. The van der Waals surface area contributed by atoms with Crippen LogP contribution in [0.2, 0.25) is 0 Å². The van der Waals surface area contributed by atoms with Crippen LogP contribution in [0.3, 0.4) is 0 Å². The highest BCUT2D eigenvalue weighted by atomic mass is 15.0. The Labute approximate surface area is 124 Å². The second-order valence-corrected chi connectivity index (χ2v) is 7.07. The minimum absolute atomic E-state index is 0.103. The molecule has 21 heavy (non-hydrogen) atoms. The molecule has 0 radical (unpaired) electrons. The van der Waals surface area contributed by atoms with Crippen molar-refractivity contribution in [3.63, 3.8) is 0 Å². The van der Waals surface area contributed by atoms with E-state index in [4.69, 9.17) is 5.73 Å². The Bertz CT molecular complexity index is 723. The number of pyridine rings is 1. The average Bonchev–Trinajstić information content (AvgIpc) is 2.79. The van der Waals surface area contributed by atoms with Gasteiger partial charge in [0, 0.05) is 28.9 Å². The number of hydrogen-bond donors (Lipinski definition) is 1. The Hall–Kier alpha value is -1.97. The number of nitrogen functional groups attached to an aromatic ring is 1. The van der Waals surface area contributed by atoms with Crippen LogP contribution in [0.4, 0.5) is 5.95 Å². The number of nitrogens with zero attached hydrogens (tertiary/aromatic N) is 3. The molecule has 2 aromatic heterocycles. The Morgan fingerprint density at radius 2 is 1.86 bits per heavy atom. The standard InChI is InChI=1S/C17H20N4/c1-16(2)11-4-7-17(16,3)14-12(11)13(20-15(18)21-14)10-5-8-19-9-6-10/h5-6,8-9,11H,4,7H2,1-3H3,(H2,18,20,21). The van der Waals surface area contributed by atoms with Gasteiger partial charge in [-0.3, -0.25) is 4.98 Å². The number of anilines is 1. The third kappa shape index (κ3) is 1.42. The molecule has 0 spiro atoms. The third-order valence-electron chi connectivity index (χ3n) is 6.01. The molecular weight excluding hydrogens is 260 g/mol. The van der Waals surface area contributed by atoms with Crippen molar-refractivity contribution in [1.29, 1.82) is 0 Å². The molecule has 2 unspecified atom stereocenters. The maximum absolute atomic E-state index is 6.01. The van der Waals surface area contributed by atoms with Crippen LogP contribution < -0.4 is 5.73 Å². The molecule has 1 saturated carbocycles.